The van der Waals surface area contributed by atoms with Crippen LogP contribution in [0.5, 0.6) is 0 Å². The summed E-state index contributed by atoms with van der Waals surface area (Å²) in [6.45, 7) is 4.08. The molecule has 0 aliphatic carbocycles. The van der Waals surface area contributed by atoms with E-state index < -0.39 is 0 Å². The van der Waals surface area contributed by atoms with E-state index >= 15 is 0 Å². The molecule has 1 rings (SSSR count). The molecular formula is C7H12O3. The van der Waals surface area contributed by atoms with Gasteiger partial charge < -0.3 is 9.47 Å². The van der Waals surface area contributed by atoms with E-state index in [9.17, 15) is 4.79 Å². The Morgan fingerprint density at radius 1 is 1.70 bits per heavy atom. The van der Waals surface area contributed by atoms with Gasteiger partial charge in [0.2, 0.25) is 0 Å². The first-order valence-corrected chi connectivity index (χ1v) is 3.45. The van der Waals surface area contributed by atoms with Gasteiger partial charge in [0.15, 0.2) is 6.29 Å². The van der Waals surface area contributed by atoms with Crippen LogP contribution in [0, 0.1) is 0 Å². The van der Waals surface area contributed by atoms with Crippen LogP contribution in [0.2, 0.25) is 0 Å². The van der Waals surface area contributed by atoms with E-state index in [0.29, 0.717) is 13.0 Å². The van der Waals surface area contributed by atoms with Gasteiger partial charge in [-0.2, -0.15) is 0 Å². The Morgan fingerprint density at radius 2 is 2.40 bits per heavy atom. The Balaban J connectivity index is 2.24. The molecule has 0 aromatic carbocycles. The van der Waals surface area contributed by atoms with Crippen LogP contribution in [0.25, 0.3) is 0 Å². The van der Waals surface area contributed by atoms with E-state index in [-0.39, 0.29) is 18.2 Å². The van der Waals surface area contributed by atoms with Gasteiger partial charge in [0, 0.05) is 0 Å². The van der Waals surface area contributed by atoms with Crippen molar-refractivity contribution < 1.29 is 14.3 Å². The number of Topliss-reactive ketones (excluding diaryl/α,β-unsaturated/α-hetero) is 1. The Morgan fingerprint density at radius 3 is 2.80 bits per heavy atom. The van der Waals surface area contributed by atoms with Gasteiger partial charge in [0.25, 0.3) is 0 Å². The van der Waals surface area contributed by atoms with Gasteiger partial charge in [0.05, 0.1) is 19.1 Å². The van der Waals surface area contributed by atoms with Crippen LogP contribution < -0.4 is 0 Å². The monoisotopic (exact) mass is 144 g/mol. The fourth-order valence-corrected chi connectivity index (χ4v) is 0.922. The zero-order valence-corrected chi connectivity index (χ0v) is 6.29. The molecule has 1 fully saturated rings. The summed E-state index contributed by atoms with van der Waals surface area (Å²) in [6, 6.07) is 0. The number of hydrogen-bond acceptors (Lipinski definition) is 3. The van der Waals surface area contributed by atoms with Crippen molar-refractivity contribution in [1.29, 1.82) is 0 Å². The van der Waals surface area contributed by atoms with Crippen molar-refractivity contribution in [2.45, 2.75) is 32.7 Å². The van der Waals surface area contributed by atoms with E-state index in [1.165, 1.54) is 6.92 Å². The number of ketones is 1. The molecule has 2 unspecified atom stereocenters. The summed E-state index contributed by atoms with van der Waals surface area (Å²) in [4.78, 5) is 10.5. The minimum absolute atomic E-state index is 0.110. The van der Waals surface area contributed by atoms with Crippen molar-refractivity contribution in [1.82, 2.24) is 0 Å². The number of carbonyl (C=O) groups excluding carboxylic acids is 1. The summed E-state index contributed by atoms with van der Waals surface area (Å²) in [7, 11) is 0. The van der Waals surface area contributed by atoms with Crippen LogP contribution in [0.3, 0.4) is 0 Å². The molecule has 1 aliphatic heterocycles. The van der Waals surface area contributed by atoms with Crippen LogP contribution in [-0.2, 0) is 14.3 Å². The third-order valence-electron chi connectivity index (χ3n) is 1.36. The molecule has 2 atom stereocenters. The summed E-state index contributed by atoms with van der Waals surface area (Å²) in [5, 5.41) is 0. The summed E-state index contributed by atoms with van der Waals surface area (Å²) in [6.07, 6.45) is 0.237. The van der Waals surface area contributed by atoms with Crippen molar-refractivity contribution in [2.75, 3.05) is 6.61 Å². The zero-order chi connectivity index (χ0) is 7.56. The standard InChI is InChI=1S/C7H12O3/c1-5(8)3-7-9-4-6(2)10-7/h6-7H,3-4H2,1-2H3. The highest BCUT2D eigenvalue weighted by Crippen LogP contribution is 2.13. The zero-order valence-electron chi connectivity index (χ0n) is 6.29. The molecule has 0 aromatic heterocycles. The lowest BCUT2D eigenvalue weighted by molar-refractivity contribution is -0.126. The maximum Gasteiger partial charge on any atom is 0.165 e. The number of rotatable bonds is 2. The van der Waals surface area contributed by atoms with Gasteiger partial charge in [-0.25, -0.2) is 0 Å². The third kappa shape index (κ3) is 2.08. The minimum atomic E-state index is -0.285. The fourth-order valence-electron chi connectivity index (χ4n) is 0.922. The lowest BCUT2D eigenvalue weighted by atomic mass is 10.3. The Kier molecular flexibility index (Phi) is 2.40. The van der Waals surface area contributed by atoms with Crippen LogP contribution in [0.1, 0.15) is 20.3 Å². The molecule has 10 heavy (non-hydrogen) atoms. The first-order chi connectivity index (χ1) is 4.68. The maximum absolute atomic E-state index is 10.5. The molecule has 0 aromatic rings. The van der Waals surface area contributed by atoms with E-state index in [1.54, 1.807) is 0 Å². The maximum atomic E-state index is 10.5. The Hall–Kier alpha value is -0.410. The molecule has 0 bridgehead atoms. The Bertz CT molecular complexity index is 133. The first kappa shape index (κ1) is 7.69. The smallest absolute Gasteiger partial charge is 0.165 e. The molecule has 0 N–H and O–H groups in total. The molecule has 3 nitrogen and oxygen atoms in total. The highest BCUT2D eigenvalue weighted by Gasteiger charge is 2.22. The highest BCUT2D eigenvalue weighted by atomic mass is 16.7. The van der Waals surface area contributed by atoms with Gasteiger partial charge in [0.1, 0.15) is 5.78 Å². The molecule has 58 valence electrons. The van der Waals surface area contributed by atoms with E-state index in [4.69, 9.17) is 9.47 Å². The highest BCUT2D eigenvalue weighted by molar-refractivity contribution is 5.75. The second-order valence-electron chi connectivity index (χ2n) is 2.62. The summed E-state index contributed by atoms with van der Waals surface area (Å²) >= 11 is 0. The lowest BCUT2D eigenvalue weighted by Gasteiger charge is -2.05. The normalized spacial score (nSPS) is 32.6. The quantitative estimate of drug-likeness (QED) is 0.573. The molecule has 0 amide bonds. The fraction of sp³-hybridized carbons (Fsp3) is 0.857. The predicted octanol–water partition coefficient (Wildman–Crippen LogP) is 0.727. The van der Waals surface area contributed by atoms with Gasteiger partial charge >= 0.3 is 0 Å². The molecule has 0 radical (unpaired) electrons. The summed E-state index contributed by atoms with van der Waals surface area (Å²) < 4.78 is 10.4. The third-order valence-corrected chi connectivity index (χ3v) is 1.36. The van der Waals surface area contributed by atoms with Gasteiger partial charge in [-0.1, -0.05) is 0 Å². The van der Waals surface area contributed by atoms with Gasteiger partial charge in [-0.3, -0.25) is 4.79 Å². The van der Waals surface area contributed by atoms with Crippen LogP contribution in [0.4, 0.5) is 0 Å². The number of ether oxygens (including phenoxy) is 2. The van der Waals surface area contributed by atoms with Crippen molar-refractivity contribution in [2.24, 2.45) is 0 Å². The largest absolute Gasteiger partial charge is 0.349 e. The molecule has 0 saturated carbocycles. The molecule has 0 spiro atoms. The van der Waals surface area contributed by atoms with Crippen LogP contribution in [0.15, 0.2) is 0 Å². The second kappa shape index (κ2) is 3.12. The van der Waals surface area contributed by atoms with Gasteiger partial charge in [-0.15, -0.1) is 0 Å². The van der Waals surface area contributed by atoms with E-state index in [2.05, 4.69) is 0 Å². The summed E-state index contributed by atoms with van der Waals surface area (Å²) in [5.41, 5.74) is 0. The average Bonchev–Trinajstić information content (AvgIpc) is 2.13. The van der Waals surface area contributed by atoms with E-state index in [1.807, 2.05) is 6.92 Å². The van der Waals surface area contributed by atoms with Crippen molar-refractivity contribution in [3.63, 3.8) is 0 Å². The molecule has 1 heterocycles. The van der Waals surface area contributed by atoms with Gasteiger partial charge in [-0.05, 0) is 13.8 Å². The Labute approximate surface area is 60.3 Å². The molecule has 1 saturated heterocycles. The second-order valence-corrected chi connectivity index (χ2v) is 2.62. The van der Waals surface area contributed by atoms with Crippen LogP contribution >= 0.6 is 0 Å². The number of carbonyl (C=O) groups is 1. The van der Waals surface area contributed by atoms with Crippen molar-refractivity contribution >= 4 is 5.78 Å². The number of hydrogen-bond donors (Lipinski definition) is 0. The molecule has 3 heteroatoms. The predicted molar refractivity (Wildman–Crippen MR) is 35.6 cm³/mol. The van der Waals surface area contributed by atoms with E-state index in [0.717, 1.165) is 0 Å². The summed E-state index contributed by atoms with van der Waals surface area (Å²) in [5.74, 6) is 0.110. The SMILES string of the molecule is CC(=O)CC1OCC(C)O1. The van der Waals surface area contributed by atoms with Crippen LogP contribution in [-0.4, -0.2) is 24.8 Å². The molecular weight excluding hydrogens is 132 g/mol. The topological polar surface area (TPSA) is 35.5 Å². The molecule has 1 aliphatic rings. The minimum Gasteiger partial charge on any atom is -0.349 e. The van der Waals surface area contributed by atoms with Crippen molar-refractivity contribution in [3.8, 4) is 0 Å². The van der Waals surface area contributed by atoms with Crippen molar-refractivity contribution in [3.05, 3.63) is 0 Å². The average molecular weight is 144 g/mol. The lowest BCUT2D eigenvalue weighted by Crippen LogP contribution is -2.13. The first-order valence-electron chi connectivity index (χ1n) is 3.45.